The summed E-state index contributed by atoms with van der Waals surface area (Å²) in [5.74, 6) is 0. The molecule has 2 aliphatic carbocycles. The first-order chi connectivity index (χ1) is 39.6. The van der Waals surface area contributed by atoms with Gasteiger partial charge in [0.05, 0.1) is 16.9 Å². The van der Waals surface area contributed by atoms with Gasteiger partial charge < -0.3 is 14.7 Å². The van der Waals surface area contributed by atoms with Crippen LogP contribution < -0.4 is 31.1 Å². The van der Waals surface area contributed by atoms with Crippen molar-refractivity contribution in [3.63, 3.8) is 0 Å². The number of rotatable bonds is 5. The van der Waals surface area contributed by atoms with E-state index in [2.05, 4.69) is 311 Å². The van der Waals surface area contributed by atoms with Gasteiger partial charge in [-0.05, 0) is 204 Å². The summed E-state index contributed by atoms with van der Waals surface area (Å²) in [6.07, 6.45) is 4.51. The largest absolute Gasteiger partial charge is 0.334 e. The minimum atomic E-state index is -0.186. The van der Waals surface area contributed by atoms with Gasteiger partial charge in [-0.3, -0.25) is 0 Å². The molecule has 13 rings (SSSR count). The Kier molecular flexibility index (Phi) is 12.6. The van der Waals surface area contributed by atoms with E-state index in [-0.39, 0.29) is 55.6 Å². The average Bonchev–Trinajstić information content (AvgIpc) is 1.67. The molecule has 0 N–H and O–H groups in total. The summed E-state index contributed by atoms with van der Waals surface area (Å²) in [5.41, 5.74) is 28.7. The monoisotopic (exact) mass is 1120 g/mol. The van der Waals surface area contributed by atoms with Gasteiger partial charge in [0.1, 0.15) is 0 Å². The third kappa shape index (κ3) is 8.93. The molecule has 3 heterocycles. The molecule has 0 saturated heterocycles. The Morgan fingerprint density at radius 1 is 0.365 bits per heavy atom. The highest BCUT2D eigenvalue weighted by molar-refractivity contribution is 7.00. The van der Waals surface area contributed by atoms with Crippen LogP contribution in [-0.4, -0.2) is 12.3 Å². The highest BCUT2D eigenvalue weighted by Gasteiger charge is 2.64. The van der Waals surface area contributed by atoms with Crippen LogP contribution in [0, 0.1) is 5.41 Å². The van der Waals surface area contributed by atoms with E-state index in [0.29, 0.717) is 0 Å². The fraction of sp³-hybridized carbons (Fsp3) is 0.407. The van der Waals surface area contributed by atoms with Crippen molar-refractivity contribution in [1.29, 1.82) is 0 Å². The molecule has 5 aliphatic rings. The lowest BCUT2D eigenvalue weighted by Crippen LogP contribution is -2.62. The molecule has 1 saturated carbocycles. The van der Waals surface area contributed by atoms with Crippen molar-refractivity contribution in [2.45, 2.75) is 208 Å². The second-order valence-electron chi connectivity index (χ2n) is 33.4. The van der Waals surface area contributed by atoms with Crippen LogP contribution in [0.3, 0.4) is 0 Å². The van der Waals surface area contributed by atoms with Crippen LogP contribution in [0.2, 0.25) is 0 Å². The highest BCUT2D eigenvalue weighted by Crippen LogP contribution is 2.67. The van der Waals surface area contributed by atoms with Crippen LogP contribution in [0.25, 0.3) is 22.3 Å². The highest BCUT2D eigenvalue weighted by atomic mass is 15.3. The molecular weight excluding hydrogens is 1030 g/mol. The maximum atomic E-state index is 2.83. The SMILES string of the molecule is CC1(C)CC2(C)c3cc(C(C)(C)C)ccc3N(c3ccc4c(c3)B3c5cc6c(cc5N(c5ccc(C(C)(C)C)cc5-c5ccccc5)c5cc(C(C)(C)C)cc(c53)N4c3ccc(C(C)(C)C)cc3-c3ccccc3)C(C)(C)CCC6(C)C)C2(C)C1. The maximum absolute atomic E-state index is 2.83. The van der Waals surface area contributed by atoms with Gasteiger partial charge in [-0.1, -0.05) is 223 Å². The number of nitrogens with zero attached hydrogens (tertiary/aromatic N) is 3. The number of benzene rings is 8. The Labute approximate surface area is 512 Å². The Morgan fingerprint density at radius 2 is 0.800 bits per heavy atom. The van der Waals surface area contributed by atoms with E-state index in [1.54, 1.807) is 0 Å². The van der Waals surface area contributed by atoms with Gasteiger partial charge in [0.25, 0.3) is 6.71 Å². The zero-order valence-corrected chi connectivity index (χ0v) is 55.3. The van der Waals surface area contributed by atoms with E-state index < -0.39 is 0 Å². The molecule has 3 nitrogen and oxygen atoms in total. The molecule has 0 spiro atoms. The molecule has 0 aromatic heterocycles. The smallest absolute Gasteiger partial charge is 0.252 e. The molecule has 8 aromatic rings. The fourth-order valence-electron chi connectivity index (χ4n) is 16.6. The van der Waals surface area contributed by atoms with Crippen molar-refractivity contribution < 1.29 is 0 Å². The summed E-state index contributed by atoms with van der Waals surface area (Å²) >= 11 is 0. The lowest BCUT2D eigenvalue weighted by Gasteiger charge is -2.48. The van der Waals surface area contributed by atoms with Crippen molar-refractivity contribution in [2.75, 3.05) is 14.7 Å². The number of anilines is 8. The normalized spacial score (nSPS) is 20.8. The molecule has 0 bridgehead atoms. The van der Waals surface area contributed by atoms with Crippen molar-refractivity contribution >= 4 is 68.6 Å². The molecule has 3 aliphatic heterocycles. The van der Waals surface area contributed by atoms with E-state index in [0.717, 1.165) is 25.7 Å². The van der Waals surface area contributed by atoms with Gasteiger partial charge in [-0.25, -0.2) is 0 Å². The van der Waals surface area contributed by atoms with Crippen molar-refractivity contribution in [3.8, 4) is 22.3 Å². The van der Waals surface area contributed by atoms with Crippen LogP contribution in [0.1, 0.15) is 203 Å². The summed E-state index contributed by atoms with van der Waals surface area (Å²) in [5, 5.41) is 0. The zero-order chi connectivity index (χ0) is 60.7. The van der Waals surface area contributed by atoms with Gasteiger partial charge in [0, 0.05) is 50.7 Å². The third-order valence-corrected chi connectivity index (χ3v) is 21.6. The topological polar surface area (TPSA) is 9.72 Å². The van der Waals surface area contributed by atoms with Crippen molar-refractivity contribution in [3.05, 3.63) is 197 Å². The Bertz CT molecular complexity index is 4020. The molecule has 1 fully saturated rings. The molecule has 2 unspecified atom stereocenters. The van der Waals surface area contributed by atoms with Crippen LogP contribution in [0.5, 0.6) is 0 Å². The van der Waals surface area contributed by atoms with E-state index in [9.17, 15) is 0 Å². The van der Waals surface area contributed by atoms with Gasteiger partial charge in [0.15, 0.2) is 0 Å². The van der Waals surface area contributed by atoms with Gasteiger partial charge in [-0.2, -0.15) is 0 Å². The van der Waals surface area contributed by atoms with E-state index in [1.807, 2.05) is 0 Å². The molecular formula is C81H94BN3. The van der Waals surface area contributed by atoms with E-state index in [4.69, 9.17) is 0 Å². The standard InChI is InChI=1S/C81H94BN3/c1-73(2,3)53-31-35-65(58(41-53)51-27-23-21-24-28-51)83-68-38-34-57(85-67-37-33-55(75(7,8)9)43-62(67)80(19)49-77(13,14)50-81(80,85)20)46-63(68)82-64-47-60-61(79(17,18)40-39-78(60,15)16)48-69(64)84(71-45-56(76(10,11)12)44-70(83)72(71)82)66-36-32-54(74(4,5)6)42-59(66)52-29-25-22-26-30-52/h21-38,41-48H,39-40,49-50H2,1-20H3. The predicted molar refractivity (Wildman–Crippen MR) is 369 cm³/mol. The molecule has 8 aromatic carbocycles. The maximum Gasteiger partial charge on any atom is 0.252 e. The summed E-state index contributed by atoms with van der Waals surface area (Å²) in [4.78, 5) is 8.29. The first kappa shape index (κ1) is 57.3. The van der Waals surface area contributed by atoms with Crippen molar-refractivity contribution in [1.82, 2.24) is 0 Å². The fourth-order valence-corrected chi connectivity index (χ4v) is 16.6. The molecule has 85 heavy (non-hydrogen) atoms. The third-order valence-electron chi connectivity index (χ3n) is 21.6. The Morgan fingerprint density at radius 3 is 1.29 bits per heavy atom. The summed E-state index contributed by atoms with van der Waals surface area (Å²) in [7, 11) is 0. The molecule has 436 valence electrons. The summed E-state index contributed by atoms with van der Waals surface area (Å²) in [6, 6.07) is 63.1. The van der Waals surface area contributed by atoms with E-state index in [1.165, 1.54) is 123 Å². The first-order valence-corrected chi connectivity index (χ1v) is 32.1. The lowest BCUT2D eigenvalue weighted by molar-refractivity contribution is 0.330. The second-order valence-corrected chi connectivity index (χ2v) is 33.4. The molecule has 0 radical (unpaired) electrons. The first-order valence-electron chi connectivity index (χ1n) is 32.1. The minimum Gasteiger partial charge on any atom is -0.334 e. The Hall–Kier alpha value is -6.78. The quantitative estimate of drug-likeness (QED) is 0.159. The molecule has 4 heteroatoms. The average molecular weight is 1120 g/mol. The summed E-state index contributed by atoms with van der Waals surface area (Å²) in [6.45, 7) is 48.7. The number of hydrogen-bond acceptors (Lipinski definition) is 3. The van der Waals surface area contributed by atoms with Gasteiger partial charge in [0.2, 0.25) is 0 Å². The molecule has 0 amide bonds. The Balaban J connectivity index is 1.19. The zero-order valence-electron chi connectivity index (χ0n) is 55.3. The van der Waals surface area contributed by atoms with Gasteiger partial charge in [-0.15, -0.1) is 0 Å². The van der Waals surface area contributed by atoms with Crippen molar-refractivity contribution in [2.24, 2.45) is 5.41 Å². The van der Waals surface area contributed by atoms with Crippen LogP contribution in [0.15, 0.2) is 158 Å². The van der Waals surface area contributed by atoms with Crippen LogP contribution >= 0.6 is 0 Å². The van der Waals surface area contributed by atoms with Crippen LogP contribution in [0.4, 0.5) is 45.5 Å². The predicted octanol–water partition coefficient (Wildman–Crippen LogP) is 20.6. The van der Waals surface area contributed by atoms with E-state index >= 15 is 0 Å². The lowest BCUT2D eigenvalue weighted by atomic mass is 9.33. The number of hydrogen-bond donors (Lipinski definition) is 0. The van der Waals surface area contributed by atoms with Crippen LogP contribution in [-0.2, 0) is 37.9 Å². The second kappa shape index (κ2) is 18.6. The number of fused-ring (bicyclic) bond motifs is 8. The molecule has 2 atom stereocenters. The summed E-state index contributed by atoms with van der Waals surface area (Å²) < 4.78 is 0. The van der Waals surface area contributed by atoms with Gasteiger partial charge >= 0.3 is 0 Å². The minimum absolute atomic E-state index is 0.0161.